The molecule has 0 saturated carbocycles. The predicted octanol–water partition coefficient (Wildman–Crippen LogP) is 3.48. The van der Waals surface area contributed by atoms with E-state index in [1.54, 1.807) is 48.7 Å². The van der Waals surface area contributed by atoms with Gasteiger partial charge in [0.25, 0.3) is 5.91 Å². The van der Waals surface area contributed by atoms with Gasteiger partial charge >= 0.3 is 0 Å². The lowest BCUT2D eigenvalue weighted by molar-refractivity contribution is 0.0783. The minimum Gasteiger partial charge on any atom is -0.440 e. The molecule has 134 valence electrons. The molecule has 0 fully saturated rings. The topological polar surface area (TPSA) is 72.1 Å². The summed E-state index contributed by atoms with van der Waals surface area (Å²) in [6.45, 7) is 0.392. The second kappa shape index (κ2) is 7.37. The highest BCUT2D eigenvalue weighted by Gasteiger charge is 2.15. The zero-order valence-electron chi connectivity index (χ0n) is 14.9. The van der Waals surface area contributed by atoms with Crippen molar-refractivity contribution in [3.8, 4) is 0 Å². The van der Waals surface area contributed by atoms with E-state index in [0.29, 0.717) is 35.5 Å². The van der Waals surface area contributed by atoms with Crippen molar-refractivity contribution in [2.45, 2.75) is 13.0 Å². The first-order valence-electron chi connectivity index (χ1n) is 8.63. The molecule has 1 amide bonds. The Kier molecular flexibility index (Phi) is 4.61. The molecule has 4 aromatic rings. The van der Waals surface area contributed by atoms with Gasteiger partial charge in [-0.15, -0.1) is 0 Å². The van der Waals surface area contributed by atoms with Gasteiger partial charge in [0.15, 0.2) is 11.5 Å². The van der Waals surface area contributed by atoms with Crippen molar-refractivity contribution in [2.24, 2.45) is 0 Å². The van der Waals surface area contributed by atoms with Gasteiger partial charge < -0.3 is 9.32 Å². The Hall–Kier alpha value is -3.54. The van der Waals surface area contributed by atoms with E-state index < -0.39 is 0 Å². The molecule has 0 saturated heterocycles. The molecule has 0 N–H and O–H groups in total. The first-order chi connectivity index (χ1) is 13.2. The summed E-state index contributed by atoms with van der Waals surface area (Å²) in [5.41, 5.74) is 3.78. The SMILES string of the molecule is CN(Cc1cnccn1)C(=O)c1ccc2oc(Cc3ccccc3)nc2c1. The highest BCUT2D eigenvalue weighted by atomic mass is 16.3. The third-order valence-corrected chi connectivity index (χ3v) is 4.24. The molecule has 0 bridgehead atoms. The maximum atomic E-state index is 12.7. The fourth-order valence-electron chi connectivity index (χ4n) is 2.90. The number of amides is 1. The first-order valence-corrected chi connectivity index (χ1v) is 8.63. The highest BCUT2D eigenvalue weighted by molar-refractivity contribution is 5.96. The molecule has 2 aromatic heterocycles. The van der Waals surface area contributed by atoms with Gasteiger partial charge in [0, 0.05) is 31.4 Å². The van der Waals surface area contributed by atoms with E-state index >= 15 is 0 Å². The molecular formula is C21H18N4O2. The monoisotopic (exact) mass is 358 g/mol. The van der Waals surface area contributed by atoms with Crippen LogP contribution in [0, 0.1) is 0 Å². The lowest BCUT2D eigenvalue weighted by atomic mass is 10.1. The smallest absolute Gasteiger partial charge is 0.254 e. The lowest BCUT2D eigenvalue weighted by Gasteiger charge is -2.16. The van der Waals surface area contributed by atoms with Crippen LogP contribution < -0.4 is 0 Å². The van der Waals surface area contributed by atoms with E-state index in [1.807, 2.05) is 30.3 Å². The Labute approximate surface area is 156 Å². The number of fused-ring (bicyclic) bond motifs is 1. The number of carbonyl (C=O) groups is 1. The summed E-state index contributed by atoms with van der Waals surface area (Å²) >= 11 is 0. The molecule has 0 radical (unpaired) electrons. The van der Waals surface area contributed by atoms with Gasteiger partial charge in [0.1, 0.15) is 5.52 Å². The first kappa shape index (κ1) is 16.9. The Balaban J connectivity index is 1.53. The van der Waals surface area contributed by atoms with Crippen molar-refractivity contribution < 1.29 is 9.21 Å². The third kappa shape index (κ3) is 3.84. The third-order valence-electron chi connectivity index (χ3n) is 4.24. The molecule has 27 heavy (non-hydrogen) atoms. The quantitative estimate of drug-likeness (QED) is 0.546. The fraction of sp³-hybridized carbons (Fsp3) is 0.143. The number of rotatable bonds is 5. The van der Waals surface area contributed by atoms with Crippen LogP contribution in [0.3, 0.4) is 0 Å². The van der Waals surface area contributed by atoms with Crippen LogP contribution in [0.2, 0.25) is 0 Å². The van der Waals surface area contributed by atoms with Crippen LogP contribution in [0.25, 0.3) is 11.1 Å². The molecule has 0 aliphatic rings. The summed E-state index contributed by atoms with van der Waals surface area (Å²) in [6.07, 6.45) is 5.49. The molecule has 2 heterocycles. The van der Waals surface area contributed by atoms with Gasteiger partial charge in [-0.25, -0.2) is 4.98 Å². The molecule has 6 heteroatoms. The molecule has 0 aliphatic carbocycles. The van der Waals surface area contributed by atoms with Crippen LogP contribution in [0.15, 0.2) is 71.5 Å². The minimum atomic E-state index is -0.102. The standard InChI is InChI=1S/C21H18N4O2/c1-25(14-17-13-22-9-10-23-17)21(26)16-7-8-19-18(12-16)24-20(27-19)11-15-5-3-2-4-6-15/h2-10,12-13H,11,14H2,1H3. The van der Waals surface area contributed by atoms with Crippen LogP contribution >= 0.6 is 0 Å². The van der Waals surface area contributed by atoms with Crippen molar-refractivity contribution >= 4 is 17.0 Å². The van der Waals surface area contributed by atoms with Crippen LogP contribution in [0.5, 0.6) is 0 Å². The average molecular weight is 358 g/mol. The molecule has 0 spiro atoms. The normalized spacial score (nSPS) is 10.9. The van der Waals surface area contributed by atoms with Gasteiger partial charge in [-0.1, -0.05) is 30.3 Å². The van der Waals surface area contributed by atoms with Gasteiger partial charge in [-0.2, -0.15) is 0 Å². The van der Waals surface area contributed by atoms with Gasteiger partial charge in [-0.3, -0.25) is 14.8 Å². The number of hydrogen-bond acceptors (Lipinski definition) is 5. The summed E-state index contributed by atoms with van der Waals surface area (Å²) in [4.78, 5) is 27.1. The number of hydrogen-bond donors (Lipinski definition) is 0. The summed E-state index contributed by atoms with van der Waals surface area (Å²) in [5.74, 6) is 0.531. The van der Waals surface area contributed by atoms with Gasteiger partial charge in [0.2, 0.25) is 0 Å². The highest BCUT2D eigenvalue weighted by Crippen LogP contribution is 2.20. The lowest BCUT2D eigenvalue weighted by Crippen LogP contribution is -2.26. The van der Waals surface area contributed by atoms with Crippen molar-refractivity contribution in [3.63, 3.8) is 0 Å². The maximum absolute atomic E-state index is 12.7. The van der Waals surface area contributed by atoms with Crippen LogP contribution in [-0.2, 0) is 13.0 Å². The molecule has 4 rings (SSSR count). The molecular weight excluding hydrogens is 340 g/mol. The molecule has 0 aliphatic heterocycles. The van der Waals surface area contributed by atoms with Crippen LogP contribution in [-0.4, -0.2) is 32.8 Å². The van der Waals surface area contributed by atoms with Gasteiger partial charge in [0.05, 0.1) is 18.4 Å². The molecule has 0 atom stereocenters. The van der Waals surface area contributed by atoms with E-state index in [-0.39, 0.29) is 5.91 Å². The van der Waals surface area contributed by atoms with Crippen LogP contribution in [0.1, 0.15) is 27.5 Å². The summed E-state index contributed by atoms with van der Waals surface area (Å²) in [7, 11) is 1.74. The Morgan fingerprint density at radius 3 is 2.74 bits per heavy atom. The Morgan fingerprint density at radius 1 is 1.11 bits per heavy atom. The Bertz CT molecular complexity index is 1060. The van der Waals surface area contributed by atoms with Crippen molar-refractivity contribution in [3.05, 3.63) is 89.8 Å². The Morgan fingerprint density at radius 2 is 1.96 bits per heavy atom. The number of aromatic nitrogens is 3. The summed E-state index contributed by atoms with van der Waals surface area (Å²) in [5, 5.41) is 0. The zero-order valence-corrected chi connectivity index (χ0v) is 14.9. The summed E-state index contributed by atoms with van der Waals surface area (Å²) in [6, 6.07) is 15.3. The van der Waals surface area contributed by atoms with E-state index in [4.69, 9.17) is 4.42 Å². The second-order valence-corrected chi connectivity index (χ2v) is 6.31. The second-order valence-electron chi connectivity index (χ2n) is 6.31. The molecule has 0 unspecified atom stereocenters. The zero-order chi connectivity index (χ0) is 18.6. The largest absolute Gasteiger partial charge is 0.440 e. The fourth-order valence-corrected chi connectivity index (χ4v) is 2.90. The maximum Gasteiger partial charge on any atom is 0.254 e. The molecule has 6 nitrogen and oxygen atoms in total. The average Bonchev–Trinajstić information content (AvgIpc) is 3.10. The van der Waals surface area contributed by atoms with E-state index in [0.717, 1.165) is 11.3 Å². The number of oxazole rings is 1. The minimum absolute atomic E-state index is 0.102. The molecule has 2 aromatic carbocycles. The number of carbonyl (C=O) groups excluding carboxylic acids is 1. The van der Waals surface area contributed by atoms with E-state index in [9.17, 15) is 4.79 Å². The van der Waals surface area contributed by atoms with Crippen molar-refractivity contribution in [1.29, 1.82) is 0 Å². The van der Waals surface area contributed by atoms with E-state index in [1.165, 1.54) is 0 Å². The van der Waals surface area contributed by atoms with Gasteiger partial charge in [-0.05, 0) is 23.8 Å². The summed E-state index contributed by atoms with van der Waals surface area (Å²) < 4.78 is 5.81. The number of nitrogens with zero attached hydrogens (tertiary/aromatic N) is 4. The van der Waals surface area contributed by atoms with Crippen LogP contribution in [0.4, 0.5) is 0 Å². The number of benzene rings is 2. The van der Waals surface area contributed by atoms with Crippen molar-refractivity contribution in [2.75, 3.05) is 7.05 Å². The van der Waals surface area contributed by atoms with E-state index in [2.05, 4.69) is 15.0 Å². The van der Waals surface area contributed by atoms with Crippen molar-refractivity contribution in [1.82, 2.24) is 19.9 Å². The predicted molar refractivity (Wildman–Crippen MR) is 101 cm³/mol.